The Morgan fingerprint density at radius 3 is 3.20 bits per heavy atom. The number of carbonyl (C=O) groups is 1. The molecule has 0 saturated carbocycles. The van der Waals surface area contributed by atoms with E-state index in [1.165, 1.54) is 0 Å². The number of hydrogen-bond acceptors (Lipinski definition) is 3. The summed E-state index contributed by atoms with van der Waals surface area (Å²) in [6.45, 7) is 2.40. The maximum atomic E-state index is 10.9. The van der Waals surface area contributed by atoms with Crippen molar-refractivity contribution in [1.29, 1.82) is 0 Å². The molecule has 1 aromatic rings. The van der Waals surface area contributed by atoms with Gasteiger partial charge in [-0.2, -0.15) is 5.10 Å². The number of H-pyrrole nitrogens is 1. The van der Waals surface area contributed by atoms with E-state index in [-0.39, 0.29) is 12.3 Å². The van der Waals surface area contributed by atoms with E-state index in [4.69, 9.17) is 10.8 Å². The highest BCUT2D eigenvalue weighted by molar-refractivity contribution is 5.70. The Bertz CT molecular complexity index is 388. The van der Waals surface area contributed by atoms with E-state index in [9.17, 15) is 4.79 Å². The van der Waals surface area contributed by atoms with Crippen LogP contribution in [0.15, 0.2) is 6.20 Å². The zero-order valence-electron chi connectivity index (χ0n) is 8.66. The number of nitrogens with one attached hydrogen (secondary N) is 1. The summed E-state index contributed by atoms with van der Waals surface area (Å²) in [6.07, 6.45) is 2.63. The number of rotatable bonds is 3. The van der Waals surface area contributed by atoms with E-state index in [0.29, 0.717) is 6.54 Å². The van der Waals surface area contributed by atoms with Gasteiger partial charge in [-0.1, -0.05) is 6.92 Å². The molecule has 2 atom stereocenters. The second kappa shape index (κ2) is 3.34. The lowest BCUT2D eigenvalue weighted by Crippen LogP contribution is -2.40. The summed E-state index contributed by atoms with van der Waals surface area (Å²) in [4.78, 5) is 10.9. The predicted molar refractivity (Wildman–Crippen MR) is 54.4 cm³/mol. The van der Waals surface area contributed by atoms with Crippen LogP contribution in [0.5, 0.6) is 0 Å². The Kier molecular flexibility index (Phi) is 2.26. The number of carboxylic acid groups (broad SMARTS) is 1. The molecular formula is C10H15N3O2. The summed E-state index contributed by atoms with van der Waals surface area (Å²) in [6, 6.07) is 0. The van der Waals surface area contributed by atoms with Crippen LogP contribution in [0.4, 0.5) is 0 Å². The topological polar surface area (TPSA) is 92.0 Å². The predicted octanol–water partition coefficient (Wildman–Crippen LogP) is 0.273. The fourth-order valence-electron chi connectivity index (χ4n) is 2.59. The van der Waals surface area contributed by atoms with Crippen molar-refractivity contribution in [2.45, 2.75) is 25.2 Å². The van der Waals surface area contributed by atoms with Crippen LogP contribution in [0, 0.1) is 5.92 Å². The number of hydrogen-bond donors (Lipinski definition) is 3. The second-order valence-corrected chi connectivity index (χ2v) is 4.30. The third kappa shape index (κ3) is 1.34. The van der Waals surface area contributed by atoms with Gasteiger partial charge in [-0.25, -0.2) is 0 Å². The Labute approximate surface area is 87.7 Å². The molecule has 0 fully saturated rings. The van der Waals surface area contributed by atoms with E-state index < -0.39 is 11.4 Å². The number of aromatic nitrogens is 2. The molecule has 1 heterocycles. The SMILES string of the molecule is CC1Cc2[nH]ncc2C1(CN)CC(=O)O. The molecule has 1 aliphatic carbocycles. The van der Waals surface area contributed by atoms with E-state index in [0.717, 1.165) is 17.7 Å². The van der Waals surface area contributed by atoms with Crippen LogP contribution < -0.4 is 5.73 Å². The van der Waals surface area contributed by atoms with Crippen LogP contribution in [0.3, 0.4) is 0 Å². The zero-order valence-corrected chi connectivity index (χ0v) is 8.66. The Hall–Kier alpha value is -1.36. The van der Waals surface area contributed by atoms with Gasteiger partial charge < -0.3 is 10.8 Å². The molecule has 0 radical (unpaired) electrons. The van der Waals surface area contributed by atoms with E-state index in [1.54, 1.807) is 6.20 Å². The van der Waals surface area contributed by atoms with Crippen molar-refractivity contribution >= 4 is 5.97 Å². The summed E-state index contributed by atoms with van der Waals surface area (Å²) >= 11 is 0. The molecule has 0 aromatic carbocycles. The molecule has 0 spiro atoms. The van der Waals surface area contributed by atoms with Crippen molar-refractivity contribution in [3.8, 4) is 0 Å². The average Bonchev–Trinajstić information content (AvgIpc) is 2.69. The van der Waals surface area contributed by atoms with E-state index >= 15 is 0 Å². The molecule has 82 valence electrons. The van der Waals surface area contributed by atoms with Gasteiger partial charge in [0.2, 0.25) is 0 Å². The molecule has 15 heavy (non-hydrogen) atoms. The number of aromatic amines is 1. The van der Waals surface area contributed by atoms with Crippen molar-refractivity contribution in [2.75, 3.05) is 6.54 Å². The standard InChI is InChI=1S/C10H15N3O2/c1-6-2-8-7(4-12-13-8)10(6,5-11)3-9(14)15/h4,6H,2-3,5,11H2,1H3,(H,12,13)(H,14,15). The first kappa shape index (κ1) is 10.2. The first-order chi connectivity index (χ1) is 7.10. The van der Waals surface area contributed by atoms with Crippen LogP contribution in [0.1, 0.15) is 24.6 Å². The van der Waals surface area contributed by atoms with Gasteiger partial charge in [-0.3, -0.25) is 9.89 Å². The minimum Gasteiger partial charge on any atom is -0.481 e. The van der Waals surface area contributed by atoms with Gasteiger partial charge in [-0.05, 0) is 12.3 Å². The lowest BCUT2D eigenvalue weighted by atomic mass is 9.73. The minimum atomic E-state index is -0.804. The molecule has 2 unspecified atom stereocenters. The molecule has 0 aliphatic heterocycles. The van der Waals surface area contributed by atoms with Crippen LogP contribution >= 0.6 is 0 Å². The summed E-state index contributed by atoms with van der Waals surface area (Å²) in [5, 5.41) is 15.8. The third-order valence-corrected chi connectivity index (χ3v) is 3.54. The largest absolute Gasteiger partial charge is 0.481 e. The van der Waals surface area contributed by atoms with Gasteiger partial charge >= 0.3 is 5.97 Å². The summed E-state index contributed by atoms with van der Waals surface area (Å²) in [5.74, 6) is -0.552. The van der Waals surface area contributed by atoms with Crippen molar-refractivity contribution in [2.24, 2.45) is 11.7 Å². The maximum absolute atomic E-state index is 10.9. The molecule has 4 N–H and O–H groups in total. The number of fused-ring (bicyclic) bond motifs is 1. The maximum Gasteiger partial charge on any atom is 0.304 e. The lowest BCUT2D eigenvalue weighted by Gasteiger charge is -2.31. The first-order valence-corrected chi connectivity index (χ1v) is 5.04. The fourth-order valence-corrected chi connectivity index (χ4v) is 2.59. The normalized spacial score (nSPS) is 29.1. The monoisotopic (exact) mass is 209 g/mol. The molecule has 5 heteroatoms. The number of nitrogens with zero attached hydrogens (tertiary/aromatic N) is 1. The number of carboxylic acids is 1. The highest BCUT2D eigenvalue weighted by Crippen LogP contribution is 2.44. The highest BCUT2D eigenvalue weighted by atomic mass is 16.4. The van der Waals surface area contributed by atoms with Crippen LogP contribution in [0.25, 0.3) is 0 Å². The van der Waals surface area contributed by atoms with Gasteiger partial charge in [0.25, 0.3) is 0 Å². The van der Waals surface area contributed by atoms with Crippen LogP contribution in [-0.4, -0.2) is 27.8 Å². The van der Waals surface area contributed by atoms with E-state index in [2.05, 4.69) is 10.2 Å². The van der Waals surface area contributed by atoms with Gasteiger partial charge in [0.15, 0.2) is 0 Å². The van der Waals surface area contributed by atoms with E-state index in [1.807, 2.05) is 6.92 Å². The molecule has 1 aromatic heterocycles. The number of nitrogens with two attached hydrogens (primary N) is 1. The number of aliphatic carboxylic acids is 1. The molecule has 0 amide bonds. The molecule has 1 aliphatic rings. The molecule has 5 nitrogen and oxygen atoms in total. The quantitative estimate of drug-likeness (QED) is 0.666. The summed E-state index contributed by atoms with van der Waals surface area (Å²) in [7, 11) is 0. The van der Waals surface area contributed by atoms with Crippen molar-refractivity contribution in [3.05, 3.63) is 17.5 Å². The van der Waals surface area contributed by atoms with Crippen LogP contribution in [-0.2, 0) is 16.6 Å². The highest BCUT2D eigenvalue weighted by Gasteiger charge is 2.46. The molecule has 0 saturated heterocycles. The summed E-state index contributed by atoms with van der Waals surface area (Å²) < 4.78 is 0. The minimum absolute atomic E-state index is 0.0806. The lowest BCUT2D eigenvalue weighted by molar-refractivity contribution is -0.138. The van der Waals surface area contributed by atoms with Gasteiger partial charge in [0.05, 0.1) is 12.6 Å². The van der Waals surface area contributed by atoms with Gasteiger partial charge in [0, 0.05) is 23.2 Å². The Morgan fingerprint density at radius 2 is 2.60 bits per heavy atom. The van der Waals surface area contributed by atoms with Crippen LogP contribution in [0.2, 0.25) is 0 Å². The Balaban J connectivity index is 2.43. The summed E-state index contributed by atoms with van der Waals surface area (Å²) in [5.41, 5.74) is 7.36. The molecule has 2 rings (SSSR count). The second-order valence-electron chi connectivity index (χ2n) is 4.30. The van der Waals surface area contributed by atoms with Crippen molar-refractivity contribution in [1.82, 2.24) is 10.2 Å². The van der Waals surface area contributed by atoms with Crippen molar-refractivity contribution in [3.63, 3.8) is 0 Å². The zero-order chi connectivity index (χ0) is 11.1. The smallest absolute Gasteiger partial charge is 0.304 e. The van der Waals surface area contributed by atoms with Crippen molar-refractivity contribution < 1.29 is 9.90 Å². The molecule has 0 bridgehead atoms. The average molecular weight is 209 g/mol. The van der Waals surface area contributed by atoms with Gasteiger partial charge in [0.1, 0.15) is 0 Å². The fraction of sp³-hybridized carbons (Fsp3) is 0.600. The Morgan fingerprint density at radius 1 is 1.87 bits per heavy atom. The molecular weight excluding hydrogens is 194 g/mol. The first-order valence-electron chi connectivity index (χ1n) is 5.04. The third-order valence-electron chi connectivity index (χ3n) is 3.54. The van der Waals surface area contributed by atoms with Gasteiger partial charge in [-0.15, -0.1) is 0 Å².